The van der Waals surface area contributed by atoms with Gasteiger partial charge in [0.2, 0.25) is 0 Å². The van der Waals surface area contributed by atoms with Gasteiger partial charge in [-0.05, 0) is 12.3 Å². The minimum absolute atomic E-state index is 0.0324. The van der Waals surface area contributed by atoms with E-state index in [1.54, 1.807) is 28.4 Å². The molecule has 0 fully saturated rings. The summed E-state index contributed by atoms with van der Waals surface area (Å²) >= 11 is 0. The Bertz CT molecular complexity index is 197. The van der Waals surface area contributed by atoms with E-state index in [9.17, 15) is 0 Å². The summed E-state index contributed by atoms with van der Waals surface area (Å²) in [5, 5.41) is 0. The van der Waals surface area contributed by atoms with Gasteiger partial charge >= 0.3 is 0 Å². The van der Waals surface area contributed by atoms with Crippen LogP contribution in [0.4, 0.5) is 0 Å². The first-order valence-corrected chi connectivity index (χ1v) is 7.36. The molecule has 1 unspecified atom stereocenters. The molecule has 0 bridgehead atoms. The van der Waals surface area contributed by atoms with Crippen molar-refractivity contribution < 1.29 is 18.9 Å². The second-order valence-electron chi connectivity index (χ2n) is 5.90. The van der Waals surface area contributed by atoms with Crippen molar-refractivity contribution in [2.75, 3.05) is 41.7 Å². The lowest BCUT2D eigenvalue weighted by Gasteiger charge is -2.31. The Kier molecular flexibility index (Phi) is 13.9. The molecular weight excluding hydrogens is 256 g/mol. The van der Waals surface area contributed by atoms with Crippen molar-refractivity contribution in [2.45, 2.75) is 47.3 Å². The zero-order valence-corrected chi connectivity index (χ0v) is 15.0. The molecule has 0 amide bonds. The average molecular weight is 292 g/mol. The fourth-order valence-electron chi connectivity index (χ4n) is 1.79. The summed E-state index contributed by atoms with van der Waals surface area (Å²) in [7, 11) is 6.80. The third-order valence-electron chi connectivity index (χ3n) is 3.92. The van der Waals surface area contributed by atoms with Crippen LogP contribution in [0, 0.1) is 17.3 Å². The Morgan fingerprint density at radius 2 is 1.25 bits per heavy atom. The smallest absolute Gasteiger partial charge is 0.159 e. The molecule has 4 heteroatoms. The largest absolute Gasteiger partial charge is 0.384 e. The van der Waals surface area contributed by atoms with E-state index in [0.717, 1.165) is 19.6 Å². The van der Waals surface area contributed by atoms with E-state index < -0.39 is 0 Å². The van der Waals surface area contributed by atoms with Gasteiger partial charge in [-0.2, -0.15) is 0 Å². The van der Waals surface area contributed by atoms with E-state index in [4.69, 9.17) is 18.9 Å². The topological polar surface area (TPSA) is 36.9 Å². The van der Waals surface area contributed by atoms with Gasteiger partial charge in [-0.1, -0.05) is 34.6 Å². The number of methoxy groups -OCH3 is 4. The molecule has 4 nitrogen and oxygen atoms in total. The molecule has 0 spiro atoms. The highest BCUT2D eigenvalue weighted by Gasteiger charge is 2.28. The highest BCUT2D eigenvalue weighted by Crippen LogP contribution is 2.27. The lowest BCUT2D eigenvalue weighted by molar-refractivity contribution is -0.133. The molecular formula is C16H36O4. The molecule has 0 aliphatic rings. The second-order valence-corrected chi connectivity index (χ2v) is 5.90. The van der Waals surface area contributed by atoms with E-state index >= 15 is 0 Å². The molecule has 0 saturated heterocycles. The first-order chi connectivity index (χ1) is 9.32. The third kappa shape index (κ3) is 8.90. The third-order valence-corrected chi connectivity index (χ3v) is 3.92. The van der Waals surface area contributed by atoms with Crippen LogP contribution in [0.2, 0.25) is 0 Å². The molecule has 0 aliphatic heterocycles. The first kappa shape index (κ1) is 22.1. The first-order valence-electron chi connectivity index (χ1n) is 7.36. The summed E-state index contributed by atoms with van der Waals surface area (Å²) in [5.41, 5.74) is 0.156. The predicted molar refractivity (Wildman–Crippen MR) is 84.0 cm³/mol. The maximum Gasteiger partial charge on any atom is 0.159 e. The van der Waals surface area contributed by atoms with Crippen molar-refractivity contribution in [3.63, 3.8) is 0 Å². The number of ether oxygens (including phenoxy) is 4. The van der Waals surface area contributed by atoms with Crippen molar-refractivity contribution in [3.05, 3.63) is 0 Å². The summed E-state index contributed by atoms with van der Waals surface area (Å²) in [6.45, 7) is 12.3. The molecule has 124 valence electrons. The van der Waals surface area contributed by atoms with Crippen LogP contribution in [0.15, 0.2) is 0 Å². The van der Waals surface area contributed by atoms with Crippen LogP contribution in [0.1, 0.15) is 41.0 Å². The van der Waals surface area contributed by atoms with Crippen LogP contribution in [-0.4, -0.2) is 47.9 Å². The summed E-state index contributed by atoms with van der Waals surface area (Å²) in [6.07, 6.45) is 1.06. The summed E-state index contributed by atoms with van der Waals surface area (Å²) in [6, 6.07) is 0. The monoisotopic (exact) mass is 292 g/mol. The highest BCUT2D eigenvalue weighted by atomic mass is 16.7. The lowest BCUT2D eigenvalue weighted by atomic mass is 9.81. The summed E-state index contributed by atoms with van der Waals surface area (Å²) < 4.78 is 20.3. The molecule has 0 aliphatic carbocycles. The Labute approximate surface area is 126 Å². The van der Waals surface area contributed by atoms with E-state index in [1.165, 1.54) is 0 Å². The van der Waals surface area contributed by atoms with Crippen LogP contribution in [0.5, 0.6) is 0 Å². The van der Waals surface area contributed by atoms with Gasteiger partial charge in [0.05, 0.1) is 13.2 Å². The normalized spacial score (nSPS) is 13.3. The molecule has 0 saturated carbocycles. The van der Waals surface area contributed by atoms with E-state index in [0.29, 0.717) is 11.8 Å². The molecule has 0 aromatic carbocycles. The van der Waals surface area contributed by atoms with Crippen molar-refractivity contribution in [3.8, 4) is 0 Å². The van der Waals surface area contributed by atoms with Crippen LogP contribution in [-0.2, 0) is 18.9 Å². The minimum Gasteiger partial charge on any atom is -0.384 e. The van der Waals surface area contributed by atoms with Crippen LogP contribution in [0.25, 0.3) is 0 Å². The Morgan fingerprint density at radius 1 is 0.850 bits per heavy atom. The maximum atomic E-state index is 5.14. The molecule has 0 aromatic heterocycles. The minimum atomic E-state index is -0.0324. The zero-order valence-electron chi connectivity index (χ0n) is 15.0. The fourth-order valence-corrected chi connectivity index (χ4v) is 1.79. The maximum absolute atomic E-state index is 5.14. The number of hydrogen-bond donors (Lipinski definition) is 0. The average Bonchev–Trinajstić information content (AvgIpc) is 2.41. The van der Waals surface area contributed by atoms with Gasteiger partial charge in [0.25, 0.3) is 0 Å². The van der Waals surface area contributed by atoms with E-state index in [2.05, 4.69) is 34.6 Å². The molecule has 0 aromatic rings. The van der Waals surface area contributed by atoms with Crippen molar-refractivity contribution >= 4 is 0 Å². The lowest BCUT2D eigenvalue weighted by Crippen LogP contribution is -2.33. The quantitative estimate of drug-likeness (QED) is 0.609. The molecule has 20 heavy (non-hydrogen) atoms. The van der Waals surface area contributed by atoms with Crippen LogP contribution >= 0.6 is 0 Å². The molecule has 0 radical (unpaired) electrons. The SMILES string of the molecule is CCC(C)C(OC)OC.COCC(C)(COC)C(C)C. The zero-order chi connectivity index (χ0) is 16.2. The Balaban J connectivity index is 0. The Morgan fingerprint density at radius 3 is 1.40 bits per heavy atom. The number of hydrogen-bond acceptors (Lipinski definition) is 4. The van der Waals surface area contributed by atoms with Crippen LogP contribution in [0.3, 0.4) is 0 Å². The van der Waals surface area contributed by atoms with Gasteiger partial charge in [0.1, 0.15) is 0 Å². The van der Waals surface area contributed by atoms with Crippen molar-refractivity contribution in [2.24, 2.45) is 17.3 Å². The van der Waals surface area contributed by atoms with Gasteiger partial charge < -0.3 is 18.9 Å². The van der Waals surface area contributed by atoms with Crippen molar-refractivity contribution in [1.82, 2.24) is 0 Å². The van der Waals surface area contributed by atoms with Gasteiger partial charge in [0.15, 0.2) is 6.29 Å². The van der Waals surface area contributed by atoms with Gasteiger partial charge in [-0.3, -0.25) is 0 Å². The van der Waals surface area contributed by atoms with Crippen LogP contribution < -0.4 is 0 Å². The van der Waals surface area contributed by atoms with Crippen molar-refractivity contribution in [1.29, 1.82) is 0 Å². The molecule has 1 atom stereocenters. The van der Waals surface area contributed by atoms with Gasteiger partial charge in [0, 0.05) is 39.8 Å². The van der Waals surface area contributed by atoms with E-state index in [1.807, 2.05) is 0 Å². The standard InChI is InChI=1S/C9H20O2.C7H16O2/c1-8(2)9(3,6-10-4)7-11-5;1-5-6(2)7(8-3)9-4/h8H,6-7H2,1-5H3;6-7H,5H2,1-4H3. The van der Waals surface area contributed by atoms with E-state index in [-0.39, 0.29) is 11.7 Å². The summed E-state index contributed by atoms with van der Waals surface area (Å²) in [4.78, 5) is 0. The van der Waals surface area contributed by atoms with Gasteiger partial charge in [-0.25, -0.2) is 0 Å². The molecule has 0 N–H and O–H groups in total. The van der Waals surface area contributed by atoms with Gasteiger partial charge in [-0.15, -0.1) is 0 Å². The second kappa shape index (κ2) is 12.6. The Hall–Kier alpha value is -0.160. The molecule has 0 rings (SSSR count). The fraction of sp³-hybridized carbons (Fsp3) is 1.00. The number of rotatable bonds is 9. The molecule has 0 heterocycles. The predicted octanol–water partition coefficient (Wildman–Crippen LogP) is 3.59. The highest BCUT2D eigenvalue weighted by molar-refractivity contribution is 4.76. The summed E-state index contributed by atoms with van der Waals surface area (Å²) in [5.74, 6) is 1.07.